The maximum absolute atomic E-state index is 5.47. The molecule has 0 bridgehead atoms. The van der Waals surface area contributed by atoms with Crippen LogP contribution in [0.2, 0.25) is 0 Å². The Bertz CT molecular complexity index is 609. The number of nitrogens with zero attached hydrogens (tertiary/aromatic N) is 2. The van der Waals surface area contributed by atoms with Gasteiger partial charge < -0.3 is 9.84 Å². The van der Waals surface area contributed by atoms with Gasteiger partial charge in [0.15, 0.2) is 5.82 Å². The minimum atomic E-state index is 0.649. The zero-order chi connectivity index (χ0) is 14.7. The lowest BCUT2D eigenvalue weighted by Crippen LogP contribution is -2.12. The molecule has 0 saturated heterocycles. The minimum Gasteiger partial charge on any atom is -0.385 e. The van der Waals surface area contributed by atoms with Gasteiger partial charge in [-0.3, -0.25) is 0 Å². The highest BCUT2D eigenvalue weighted by Crippen LogP contribution is 2.31. The first kappa shape index (κ1) is 14.4. The van der Waals surface area contributed by atoms with Gasteiger partial charge in [0.2, 0.25) is 0 Å². The fourth-order valence-corrected chi connectivity index (χ4v) is 3.41. The van der Waals surface area contributed by atoms with Crippen molar-refractivity contribution < 1.29 is 4.52 Å². The zero-order valence-corrected chi connectivity index (χ0v) is 13.4. The molecule has 21 heavy (non-hydrogen) atoms. The van der Waals surface area contributed by atoms with Crippen molar-refractivity contribution in [3.8, 4) is 11.5 Å². The van der Waals surface area contributed by atoms with E-state index in [1.54, 1.807) is 0 Å². The monoisotopic (exact) mass is 303 g/mol. The lowest BCUT2D eigenvalue weighted by atomic mass is 9.97. The molecular weight excluding hydrogens is 282 g/mol. The molecule has 0 aliphatic carbocycles. The summed E-state index contributed by atoms with van der Waals surface area (Å²) < 4.78 is 5.47. The Balaban J connectivity index is 1.77. The van der Waals surface area contributed by atoms with Crippen molar-refractivity contribution in [2.75, 3.05) is 17.6 Å². The number of hydrogen-bond donors (Lipinski definition) is 1. The smallest absolute Gasteiger partial charge is 0.258 e. The van der Waals surface area contributed by atoms with E-state index >= 15 is 0 Å². The first-order valence-corrected chi connectivity index (χ1v) is 8.66. The third-order valence-corrected chi connectivity index (χ3v) is 4.84. The van der Waals surface area contributed by atoms with Gasteiger partial charge in [0.1, 0.15) is 0 Å². The van der Waals surface area contributed by atoms with Crippen LogP contribution in [0.5, 0.6) is 0 Å². The molecule has 0 radical (unpaired) electrons. The molecule has 1 aromatic carbocycles. The Labute approximate surface area is 129 Å². The Kier molecular flexibility index (Phi) is 4.48. The van der Waals surface area contributed by atoms with Crippen molar-refractivity contribution in [3.05, 3.63) is 29.6 Å². The van der Waals surface area contributed by atoms with E-state index in [0.29, 0.717) is 11.8 Å². The molecule has 1 aliphatic rings. The second-order valence-corrected chi connectivity index (χ2v) is 6.82. The third-order valence-electron chi connectivity index (χ3n) is 3.48. The number of anilines is 1. The van der Waals surface area contributed by atoms with Crippen molar-refractivity contribution in [1.29, 1.82) is 0 Å². The van der Waals surface area contributed by atoms with Gasteiger partial charge in [-0.15, -0.1) is 0 Å². The molecule has 112 valence electrons. The molecule has 0 unspecified atom stereocenters. The van der Waals surface area contributed by atoms with Crippen molar-refractivity contribution in [2.45, 2.75) is 32.4 Å². The lowest BCUT2D eigenvalue weighted by molar-refractivity contribution is 0.424. The fourth-order valence-electron chi connectivity index (χ4n) is 2.52. The normalized spacial score (nSPS) is 14.0. The summed E-state index contributed by atoms with van der Waals surface area (Å²) in [6.45, 7) is 5.48. The van der Waals surface area contributed by atoms with Crippen molar-refractivity contribution >= 4 is 17.4 Å². The maximum Gasteiger partial charge on any atom is 0.258 e. The van der Waals surface area contributed by atoms with Crippen LogP contribution >= 0.6 is 11.8 Å². The molecule has 1 aliphatic heterocycles. The van der Waals surface area contributed by atoms with E-state index in [9.17, 15) is 0 Å². The second kappa shape index (κ2) is 6.52. The molecule has 1 aromatic heterocycles. The highest BCUT2D eigenvalue weighted by molar-refractivity contribution is 7.98. The third kappa shape index (κ3) is 3.40. The molecule has 2 heterocycles. The summed E-state index contributed by atoms with van der Waals surface area (Å²) in [5, 5.41) is 7.54. The van der Waals surface area contributed by atoms with Crippen LogP contribution in [0.4, 0.5) is 5.69 Å². The lowest BCUT2D eigenvalue weighted by Gasteiger charge is -2.19. The van der Waals surface area contributed by atoms with Crippen LogP contribution in [0.15, 0.2) is 22.7 Å². The van der Waals surface area contributed by atoms with Crippen molar-refractivity contribution in [2.24, 2.45) is 5.92 Å². The van der Waals surface area contributed by atoms with Gasteiger partial charge in [0.25, 0.3) is 5.89 Å². The number of nitrogens with one attached hydrogen (secondary N) is 1. The average molecular weight is 303 g/mol. The Hall–Kier alpha value is -1.49. The van der Waals surface area contributed by atoms with Gasteiger partial charge in [0.05, 0.1) is 5.75 Å². The van der Waals surface area contributed by atoms with Crippen LogP contribution in [-0.4, -0.2) is 22.4 Å². The van der Waals surface area contributed by atoms with Gasteiger partial charge in [0, 0.05) is 17.8 Å². The summed E-state index contributed by atoms with van der Waals surface area (Å²) in [5.41, 5.74) is 3.58. The van der Waals surface area contributed by atoms with Gasteiger partial charge in [-0.25, -0.2) is 0 Å². The first-order chi connectivity index (χ1) is 10.2. The molecule has 0 amide bonds. The molecule has 0 atom stereocenters. The van der Waals surface area contributed by atoms with Crippen LogP contribution in [0, 0.1) is 5.92 Å². The molecular formula is C16H21N3OS. The SMILES string of the molecule is CC(C)CSCc1noc(-c2cccc3c2CCCN3)n1. The van der Waals surface area contributed by atoms with E-state index in [4.69, 9.17) is 4.52 Å². The number of benzene rings is 1. The maximum atomic E-state index is 5.47. The number of aromatic nitrogens is 2. The minimum absolute atomic E-state index is 0.649. The average Bonchev–Trinajstić information content (AvgIpc) is 2.95. The largest absolute Gasteiger partial charge is 0.385 e. The molecule has 3 rings (SSSR count). The second-order valence-electron chi connectivity index (χ2n) is 5.79. The topological polar surface area (TPSA) is 51.0 Å². The van der Waals surface area contributed by atoms with E-state index in [0.717, 1.165) is 42.3 Å². The van der Waals surface area contributed by atoms with Crippen LogP contribution in [-0.2, 0) is 12.2 Å². The van der Waals surface area contributed by atoms with Gasteiger partial charge in [-0.2, -0.15) is 16.7 Å². The van der Waals surface area contributed by atoms with E-state index in [2.05, 4.69) is 41.4 Å². The Morgan fingerprint density at radius 2 is 2.29 bits per heavy atom. The number of hydrogen-bond acceptors (Lipinski definition) is 5. The van der Waals surface area contributed by atoms with Crippen LogP contribution < -0.4 is 5.32 Å². The number of rotatable bonds is 5. The quantitative estimate of drug-likeness (QED) is 0.905. The summed E-state index contributed by atoms with van der Waals surface area (Å²) in [4.78, 5) is 4.56. The summed E-state index contributed by atoms with van der Waals surface area (Å²) in [6, 6.07) is 6.24. The molecule has 0 saturated carbocycles. The van der Waals surface area contributed by atoms with E-state index in [1.807, 2.05) is 17.8 Å². The molecule has 4 nitrogen and oxygen atoms in total. The summed E-state index contributed by atoms with van der Waals surface area (Å²) in [7, 11) is 0. The van der Waals surface area contributed by atoms with Gasteiger partial charge in [-0.1, -0.05) is 25.1 Å². The van der Waals surface area contributed by atoms with Crippen molar-refractivity contribution in [1.82, 2.24) is 10.1 Å². The molecule has 1 N–H and O–H groups in total. The van der Waals surface area contributed by atoms with E-state index in [1.165, 1.54) is 11.3 Å². The van der Waals surface area contributed by atoms with Crippen LogP contribution in [0.3, 0.4) is 0 Å². The van der Waals surface area contributed by atoms with E-state index < -0.39 is 0 Å². The van der Waals surface area contributed by atoms with Crippen LogP contribution in [0.25, 0.3) is 11.5 Å². The summed E-state index contributed by atoms with van der Waals surface area (Å²) in [6.07, 6.45) is 2.22. The van der Waals surface area contributed by atoms with Crippen molar-refractivity contribution in [3.63, 3.8) is 0 Å². The zero-order valence-electron chi connectivity index (χ0n) is 12.6. The summed E-state index contributed by atoms with van der Waals surface area (Å²) in [5.74, 6) is 4.06. The van der Waals surface area contributed by atoms with Gasteiger partial charge >= 0.3 is 0 Å². The molecule has 0 spiro atoms. The first-order valence-electron chi connectivity index (χ1n) is 7.50. The fraction of sp³-hybridized carbons (Fsp3) is 0.500. The Morgan fingerprint density at radius 3 is 3.14 bits per heavy atom. The standard InChI is InChI=1S/C16H21N3OS/c1-11(2)9-21-10-15-18-16(20-19-15)13-5-3-7-14-12(13)6-4-8-17-14/h3,5,7,11,17H,4,6,8-10H2,1-2H3. The van der Waals surface area contributed by atoms with Crippen LogP contribution in [0.1, 0.15) is 31.7 Å². The summed E-state index contributed by atoms with van der Waals surface area (Å²) >= 11 is 1.85. The number of fused-ring (bicyclic) bond motifs is 1. The van der Waals surface area contributed by atoms with E-state index in [-0.39, 0.29) is 0 Å². The molecule has 5 heteroatoms. The van der Waals surface area contributed by atoms with Gasteiger partial charge in [-0.05, 0) is 42.2 Å². The molecule has 0 fully saturated rings. The number of thioether (sulfide) groups is 1. The Morgan fingerprint density at radius 1 is 1.38 bits per heavy atom. The highest BCUT2D eigenvalue weighted by Gasteiger charge is 2.17. The molecule has 2 aromatic rings. The highest BCUT2D eigenvalue weighted by atomic mass is 32.2. The predicted molar refractivity (Wildman–Crippen MR) is 87.5 cm³/mol. The predicted octanol–water partition coefficient (Wildman–Crippen LogP) is 3.98.